The summed E-state index contributed by atoms with van der Waals surface area (Å²) in [7, 11) is -2.35. The van der Waals surface area contributed by atoms with Gasteiger partial charge in [0.1, 0.15) is 22.7 Å². The van der Waals surface area contributed by atoms with E-state index in [0.717, 1.165) is 0 Å². The van der Waals surface area contributed by atoms with E-state index in [-0.39, 0.29) is 22.8 Å². The lowest BCUT2D eigenvalue weighted by Gasteiger charge is -2.11. The molecule has 0 saturated carbocycles. The van der Waals surface area contributed by atoms with E-state index in [0.29, 0.717) is 27.0 Å². The summed E-state index contributed by atoms with van der Waals surface area (Å²) < 4.78 is 44.1. The number of hydrogen-bond donors (Lipinski definition) is 1. The molecule has 7 nitrogen and oxygen atoms in total. The van der Waals surface area contributed by atoms with Crippen molar-refractivity contribution in [2.24, 2.45) is 0 Å². The summed E-state index contributed by atoms with van der Waals surface area (Å²) in [6, 6.07) is 9.17. The monoisotopic (exact) mass is 467 g/mol. The van der Waals surface area contributed by atoms with E-state index >= 15 is 0 Å². The maximum Gasteiger partial charge on any atom is 0.342 e. The molecule has 1 heterocycles. The topological polar surface area (TPSA) is 94.8 Å². The van der Waals surface area contributed by atoms with Crippen molar-refractivity contribution in [1.82, 2.24) is 0 Å². The van der Waals surface area contributed by atoms with Crippen LogP contribution >= 0.6 is 15.9 Å². The van der Waals surface area contributed by atoms with Gasteiger partial charge in [0.05, 0.1) is 34.2 Å². The number of aryl methyl sites for hydroxylation is 1. The number of esters is 1. The van der Waals surface area contributed by atoms with Gasteiger partial charge in [-0.25, -0.2) is 13.2 Å². The quantitative estimate of drug-likeness (QED) is 0.536. The first kappa shape index (κ1) is 20.2. The van der Waals surface area contributed by atoms with Crippen molar-refractivity contribution in [2.45, 2.75) is 18.7 Å². The molecular formula is C19H18BrNO6S. The highest BCUT2D eigenvalue weighted by Crippen LogP contribution is 2.38. The van der Waals surface area contributed by atoms with E-state index < -0.39 is 16.0 Å². The molecule has 0 bridgehead atoms. The molecule has 1 N–H and O–H groups in total. The lowest BCUT2D eigenvalue weighted by Crippen LogP contribution is -2.13. The van der Waals surface area contributed by atoms with Gasteiger partial charge in [0.25, 0.3) is 10.0 Å². The number of ether oxygens (including phenoxy) is 2. The molecule has 0 aliphatic heterocycles. The van der Waals surface area contributed by atoms with Crippen LogP contribution in [-0.4, -0.2) is 28.1 Å². The molecule has 0 saturated heterocycles. The van der Waals surface area contributed by atoms with Crippen LogP contribution in [0.5, 0.6) is 5.75 Å². The average molecular weight is 468 g/mol. The number of hydrogen-bond acceptors (Lipinski definition) is 6. The molecule has 1 aromatic heterocycles. The Labute approximate surface area is 170 Å². The molecule has 0 fully saturated rings. The van der Waals surface area contributed by atoms with Gasteiger partial charge in [0.15, 0.2) is 0 Å². The number of methoxy groups -OCH3 is 1. The van der Waals surface area contributed by atoms with Crippen LogP contribution < -0.4 is 9.46 Å². The number of fused-ring (bicyclic) bond motifs is 1. The van der Waals surface area contributed by atoms with Crippen LogP contribution in [-0.2, 0) is 14.8 Å². The molecule has 0 aliphatic carbocycles. The van der Waals surface area contributed by atoms with Gasteiger partial charge in [-0.1, -0.05) is 0 Å². The standard InChI is InChI=1S/C19H18BrNO6S/c1-4-26-19(22)16-11(2)27-15-10-9-14(18(20)17(15)16)21-28(23,24)13-7-5-12(25-3)6-8-13/h5-10,21H,4H2,1-3H3. The van der Waals surface area contributed by atoms with Crippen molar-refractivity contribution < 1.29 is 27.1 Å². The molecule has 28 heavy (non-hydrogen) atoms. The average Bonchev–Trinajstić information content (AvgIpc) is 3.01. The van der Waals surface area contributed by atoms with Gasteiger partial charge in [-0.05, 0) is 66.2 Å². The number of carbonyl (C=O) groups excluding carboxylic acids is 1. The Morgan fingerprint density at radius 1 is 1.18 bits per heavy atom. The number of benzene rings is 2. The smallest absolute Gasteiger partial charge is 0.342 e. The van der Waals surface area contributed by atoms with Crippen molar-refractivity contribution >= 4 is 48.6 Å². The minimum Gasteiger partial charge on any atom is -0.497 e. The molecule has 2 aromatic carbocycles. The molecule has 3 rings (SSSR count). The molecule has 0 aliphatic rings. The number of carbonyl (C=O) groups is 1. The summed E-state index contributed by atoms with van der Waals surface area (Å²) in [6.07, 6.45) is 0. The highest BCUT2D eigenvalue weighted by atomic mass is 79.9. The zero-order chi connectivity index (χ0) is 20.5. The van der Waals surface area contributed by atoms with Gasteiger partial charge in [0, 0.05) is 0 Å². The van der Waals surface area contributed by atoms with Crippen molar-refractivity contribution in [3.05, 3.63) is 52.2 Å². The van der Waals surface area contributed by atoms with Gasteiger partial charge in [-0.15, -0.1) is 0 Å². The van der Waals surface area contributed by atoms with Gasteiger partial charge < -0.3 is 13.9 Å². The summed E-state index contributed by atoms with van der Waals surface area (Å²) in [4.78, 5) is 12.4. The predicted molar refractivity (Wildman–Crippen MR) is 108 cm³/mol. The Morgan fingerprint density at radius 3 is 2.46 bits per heavy atom. The minimum atomic E-state index is -3.85. The predicted octanol–water partition coefficient (Wildman–Crippen LogP) is 4.49. The first-order valence-corrected chi connectivity index (χ1v) is 10.6. The summed E-state index contributed by atoms with van der Waals surface area (Å²) >= 11 is 3.40. The Balaban J connectivity index is 2.04. The molecule has 9 heteroatoms. The normalized spacial score (nSPS) is 11.4. The van der Waals surface area contributed by atoms with E-state index in [2.05, 4.69) is 20.7 Å². The Morgan fingerprint density at radius 2 is 1.86 bits per heavy atom. The summed E-state index contributed by atoms with van der Waals surface area (Å²) in [6.45, 7) is 3.57. The molecule has 148 valence electrons. The maximum atomic E-state index is 12.7. The second-order valence-corrected chi connectivity index (χ2v) is 8.31. The number of nitrogens with one attached hydrogen (secondary N) is 1. The third kappa shape index (κ3) is 3.72. The SMILES string of the molecule is CCOC(=O)c1c(C)oc2ccc(NS(=O)(=O)c3ccc(OC)cc3)c(Br)c12. The van der Waals surface area contributed by atoms with E-state index in [1.807, 2.05) is 0 Å². The fraction of sp³-hybridized carbons (Fsp3) is 0.211. The van der Waals surface area contributed by atoms with Crippen LogP contribution in [0.25, 0.3) is 11.0 Å². The highest BCUT2D eigenvalue weighted by Gasteiger charge is 2.24. The number of rotatable bonds is 6. The molecule has 3 aromatic rings. The van der Waals surface area contributed by atoms with Crippen LogP contribution in [0.2, 0.25) is 0 Å². The molecule has 0 amide bonds. The Bertz CT molecular complexity index is 1140. The van der Waals surface area contributed by atoms with Gasteiger partial charge in [-0.2, -0.15) is 0 Å². The first-order valence-electron chi connectivity index (χ1n) is 8.34. The van der Waals surface area contributed by atoms with Crippen molar-refractivity contribution in [1.29, 1.82) is 0 Å². The van der Waals surface area contributed by atoms with Crippen LogP contribution in [0.3, 0.4) is 0 Å². The molecular weight excluding hydrogens is 450 g/mol. The van der Waals surface area contributed by atoms with Gasteiger partial charge >= 0.3 is 5.97 Å². The van der Waals surface area contributed by atoms with Crippen LogP contribution in [0.4, 0.5) is 5.69 Å². The van der Waals surface area contributed by atoms with E-state index in [1.165, 1.54) is 19.2 Å². The Hall–Kier alpha value is -2.52. The summed E-state index contributed by atoms with van der Waals surface area (Å²) in [5.41, 5.74) is 0.976. The highest BCUT2D eigenvalue weighted by molar-refractivity contribution is 9.10. The largest absolute Gasteiger partial charge is 0.497 e. The fourth-order valence-corrected chi connectivity index (χ4v) is 4.58. The van der Waals surface area contributed by atoms with Crippen molar-refractivity contribution in [2.75, 3.05) is 18.4 Å². The number of furan rings is 1. The van der Waals surface area contributed by atoms with Crippen LogP contribution in [0.1, 0.15) is 23.0 Å². The third-order valence-corrected chi connectivity index (χ3v) is 6.27. The third-order valence-electron chi connectivity index (χ3n) is 4.06. The number of anilines is 1. The first-order chi connectivity index (χ1) is 13.3. The molecule has 0 atom stereocenters. The van der Waals surface area contributed by atoms with Crippen molar-refractivity contribution in [3.63, 3.8) is 0 Å². The van der Waals surface area contributed by atoms with Crippen LogP contribution in [0, 0.1) is 6.92 Å². The summed E-state index contributed by atoms with van der Waals surface area (Å²) in [5, 5.41) is 0.450. The summed E-state index contributed by atoms with van der Waals surface area (Å²) in [5.74, 6) is 0.411. The molecule has 0 unspecified atom stereocenters. The van der Waals surface area contributed by atoms with E-state index in [1.54, 1.807) is 38.1 Å². The number of halogens is 1. The number of sulfonamides is 1. The zero-order valence-electron chi connectivity index (χ0n) is 15.4. The fourth-order valence-electron chi connectivity index (χ4n) is 2.75. The van der Waals surface area contributed by atoms with Crippen LogP contribution in [0.15, 0.2) is 50.2 Å². The lowest BCUT2D eigenvalue weighted by molar-refractivity contribution is 0.0526. The Kier molecular flexibility index (Phi) is 5.66. The van der Waals surface area contributed by atoms with Crippen molar-refractivity contribution in [3.8, 4) is 5.75 Å². The van der Waals surface area contributed by atoms with E-state index in [4.69, 9.17) is 13.9 Å². The van der Waals surface area contributed by atoms with E-state index in [9.17, 15) is 13.2 Å². The van der Waals surface area contributed by atoms with Gasteiger partial charge in [0.2, 0.25) is 0 Å². The molecule has 0 radical (unpaired) electrons. The second-order valence-electron chi connectivity index (χ2n) is 5.83. The van der Waals surface area contributed by atoms with Gasteiger partial charge in [-0.3, -0.25) is 4.72 Å². The minimum absolute atomic E-state index is 0.0780. The zero-order valence-corrected chi connectivity index (χ0v) is 17.8. The molecule has 0 spiro atoms. The second kappa shape index (κ2) is 7.84. The lowest BCUT2D eigenvalue weighted by atomic mass is 10.1. The maximum absolute atomic E-state index is 12.7.